The first kappa shape index (κ1) is 8.74. The van der Waals surface area contributed by atoms with Crippen LogP contribution in [-0.2, 0) is 6.42 Å². The van der Waals surface area contributed by atoms with Crippen LogP contribution >= 0.6 is 0 Å². The zero-order valence-corrected chi connectivity index (χ0v) is 7.12. The fourth-order valence-corrected chi connectivity index (χ4v) is 0.914. The van der Waals surface area contributed by atoms with E-state index in [1.165, 1.54) is 5.01 Å². The Kier molecular flexibility index (Phi) is 2.82. The maximum Gasteiger partial charge on any atom is 0.114 e. The topological polar surface area (TPSA) is 53.1 Å². The molecule has 1 rings (SSSR count). The van der Waals surface area contributed by atoms with E-state index in [1.54, 1.807) is 7.05 Å². The van der Waals surface area contributed by atoms with Crippen LogP contribution in [0.4, 0.5) is 0 Å². The summed E-state index contributed by atoms with van der Waals surface area (Å²) >= 11 is 0. The summed E-state index contributed by atoms with van der Waals surface area (Å²) in [5, 5.41) is 8.81. The van der Waals surface area contributed by atoms with Crippen LogP contribution < -0.4 is 5.84 Å². The zero-order valence-electron chi connectivity index (χ0n) is 7.12. The minimum atomic E-state index is 0.418. The smallest absolute Gasteiger partial charge is 0.114 e. The number of rotatable bonds is 2. The molecular formula is C9H13N3. The van der Waals surface area contributed by atoms with E-state index in [0.29, 0.717) is 12.3 Å². The molecule has 0 aliphatic rings. The van der Waals surface area contributed by atoms with Crippen molar-refractivity contribution in [1.82, 2.24) is 5.01 Å². The molecule has 0 unspecified atom stereocenters. The molecule has 0 spiro atoms. The van der Waals surface area contributed by atoms with Crippen molar-refractivity contribution in [2.75, 3.05) is 7.05 Å². The van der Waals surface area contributed by atoms with Crippen molar-refractivity contribution in [3.8, 4) is 0 Å². The van der Waals surface area contributed by atoms with Gasteiger partial charge in [-0.15, -0.1) is 0 Å². The van der Waals surface area contributed by atoms with E-state index < -0.39 is 0 Å². The number of hydrogen-bond acceptors (Lipinski definition) is 2. The minimum Gasteiger partial charge on any atom is -0.302 e. The van der Waals surface area contributed by atoms with Gasteiger partial charge in [-0.05, 0) is 5.56 Å². The molecule has 1 aromatic carbocycles. The molecule has 0 aliphatic carbocycles. The Morgan fingerprint density at radius 1 is 1.42 bits per heavy atom. The third kappa shape index (κ3) is 2.36. The summed E-state index contributed by atoms with van der Waals surface area (Å²) in [5.74, 6) is 5.81. The van der Waals surface area contributed by atoms with E-state index >= 15 is 0 Å². The molecule has 0 bridgehead atoms. The van der Waals surface area contributed by atoms with Gasteiger partial charge in [0.1, 0.15) is 5.84 Å². The van der Waals surface area contributed by atoms with Crippen molar-refractivity contribution in [1.29, 1.82) is 5.41 Å². The number of nitrogens with zero attached hydrogens (tertiary/aromatic N) is 1. The molecule has 0 aromatic heterocycles. The van der Waals surface area contributed by atoms with E-state index in [9.17, 15) is 0 Å². The average molecular weight is 163 g/mol. The Balaban J connectivity index is 2.59. The van der Waals surface area contributed by atoms with Crippen molar-refractivity contribution in [3.05, 3.63) is 35.9 Å². The van der Waals surface area contributed by atoms with Crippen LogP contribution in [0.3, 0.4) is 0 Å². The van der Waals surface area contributed by atoms with Gasteiger partial charge in [0.2, 0.25) is 0 Å². The van der Waals surface area contributed by atoms with Crippen molar-refractivity contribution < 1.29 is 0 Å². The molecule has 3 nitrogen and oxygen atoms in total. The number of hydrogen-bond donors (Lipinski definition) is 2. The maximum atomic E-state index is 7.48. The second kappa shape index (κ2) is 3.88. The van der Waals surface area contributed by atoms with Gasteiger partial charge in [0, 0.05) is 13.5 Å². The quantitative estimate of drug-likeness (QED) is 0.296. The largest absolute Gasteiger partial charge is 0.302 e. The molecule has 64 valence electrons. The highest BCUT2D eigenvalue weighted by Crippen LogP contribution is 2.00. The van der Waals surface area contributed by atoms with Gasteiger partial charge in [-0.1, -0.05) is 30.3 Å². The lowest BCUT2D eigenvalue weighted by Gasteiger charge is -2.12. The zero-order chi connectivity index (χ0) is 8.97. The molecule has 1 aromatic rings. The van der Waals surface area contributed by atoms with Crippen LogP contribution in [-0.4, -0.2) is 17.9 Å². The van der Waals surface area contributed by atoms with E-state index in [4.69, 9.17) is 11.3 Å². The number of nitrogens with two attached hydrogens (primary N) is 1. The van der Waals surface area contributed by atoms with Gasteiger partial charge >= 0.3 is 0 Å². The van der Waals surface area contributed by atoms with Gasteiger partial charge in [-0.3, -0.25) is 5.41 Å². The highest BCUT2D eigenvalue weighted by molar-refractivity contribution is 5.80. The van der Waals surface area contributed by atoms with Crippen molar-refractivity contribution >= 4 is 5.84 Å². The molecule has 0 heterocycles. The van der Waals surface area contributed by atoms with Gasteiger partial charge in [-0.2, -0.15) is 0 Å². The van der Waals surface area contributed by atoms with Crippen molar-refractivity contribution in [2.24, 2.45) is 5.84 Å². The first-order chi connectivity index (χ1) is 5.70. The minimum absolute atomic E-state index is 0.418. The molecule has 3 heteroatoms. The van der Waals surface area contributed by atoms with Crippen LogP contribution in [0.2, 0.25) is 0 Å². The SMILES string of the molecule is CN(N)C(=N)Cc1ccccc1. The number of amidine groups is 1. The first-order valence-electron chi connectivity index (χ1n) is 3.80. The number of benzene rings is 1. The fraction of sp³-hybridized carbons (Fsp3) is 0.222. The van der Waals surface area contributed by atoms with Crippen molar-refractivity contribution in [3.63, 3.8) is 0 Å². The lowest BCUT2D eigenvalue weighted by atomic mass is 10.1. The van der Waals surface area contributed by atoms with E-state index in [0.717, 1.165) is 5.56 Å². The molecule has 0 amide bonds. The monoisotopic (exact) mass is 163 g/mol. The summed E-state index contributed by atoms with van der Waals surface area (Å²) in [6, 6.07) is 9.84. The average Bonchev–Trinajstić information content (AvgIpc) is 2.06. The lowest BCUT2D eigenvalue weighted by molar-refractivity contribution is 0.525. The Labute approximate surface area is 72.3 Å². The summed E-state index contributed by atoms with van der Waals surface area (Å²) in [6.45, 7) is 0. The molecular weight excluding hydrogens is 150 g/mol. The summed E-state index contributed by atoms with van der Waals surface area (Å²) in [7, 11) is 1.67. The first-order valence-corrected chi connectivity index (χ1v) is 3.80. The van der Waals surface area contributed by atoms with Crippen LogP contribution in [0.15, 0.2) is 30.3 Å². The van der Waals surface area contributed by atoms with Gasteiger partial charge in [0.25, 0.3) is 0 Å². The van der Waals surface area contributed by atoms with Crippen molar-refractivity contribution in [2.45, 2.75) is 6.42 Å². The molecule has 12 heavy (non-hydrogen) atoms. The third-order valence-corrected chi connectivity index (χ3v) is 1.64. The summed E-state index contributed by atoms with van der Waals surface area (Å²) in [4.78, 5) is 0. The Morgan fingerprint density at radius 2 is 2.00 bits per heavy atom. The second-order valence-electron chi connectivity index (χ2n) is 2.72. The number of likely N-dealkylation sites (N-methyl/N-ethyl adjacent to an activating group) is 1. The van der Waals surface area contributed by atoms with E-state index in [2.05, 4.69) is 0 Å². The maximum absolute atomic E-state index is 7.48. The van der Waals surface area contributed by atoms with Crippen LogP contribution in [0.5, 0.6) is 0 Å². The van der Waals surface area contributed by atoms with Gasteiger partial charge in [0.05, 0.1) is 0 Å². The number of hydrazine groups is 1. The third-order valence-electron chi connectivity index (χ3n) is 1.64. The Morgan fingerprint density at radius 3 is 2.50 bits per heavy atom. The fourth-order valence-electron chi connectivity index (χ4n) is 0.914. The van der Waals surface area contributed by atoms with Gasteiger partial charge in [0.15, 0.2) is 0 Å². The molecule has 0 atom stereocenters. The Bertz CT molecular complexity index is 254. The highest BCUT2D eigenvalue weighted by atomic mass is 15.4. The Hall–Kier alpha value is -1.35. The summed E-state index contributed by atoms with van der Waals surface area (Å²) in [5.41, 5.74) is 1.11. The summed E-state index contributed by atoms with van der Waals surface area (Å²) in [6.07, 6.45) is 0.591. The molecule has 0 fully saturated rings. The number of nitrogens with one attached hydrogen (secondary N) is 1. The second-order valence-corrected chi connectivity index (χ2v) is 2.72. The van der Waals surface area contributed by atoms with Crippen LogP contribution in [0.1, 0.15) is 5.56 Å². The van der Waals surface area contributed by atoms with Gasteiger partial charge in [-0.25, -0.2) is 5.84 Å². The molecule has 0 saturated heterocycles. The predicted molar refractivity (Wildman–Crippen MR) is 49.8 cm³/mol. The highest BCUT2D eigenvalue weighted by Gasteiger charge is 1.99. The molecule has 0 radical (unpaired) electrons. The predicted octanol–water partition coefficient (Wildman–Crippen LogP) is 1.01. The van der Waals surface area contributed by atoms with E-state index in [1.807, 2.05) is 30.3 Å². The molecule has 0 aliphatic heterocycles. The summed E-state index contributed by atoms with van der Waals surface area (Å²) < 4.78 is 0. The molecule has 3 N–H and O–H groups in total. The lowest BCUT2D eigenvalue weighted by Crippen LogP contribution is -2.33. The standard InChI is InChI=1S/C9H13N3/c1-12(11)9(10)7-8-5-3-2-4-6-8/h2-6,10H,7,11H2,1H3. The van der Waals surface area contributed by atoms with Gasteiger partial charge < -0.3 is 5.01 Å². The van der Waals surface area contributed by atoms with Crippen LogP contribution in [0.25, 0.3) is 0 Å². The van der Waals surface area contributed by atoms with E-state index in [-0.39, 0.29) is 0 Å². The van der Waals surface area contributed by atoms with Crippen LogP contribution in [0, 0.1) is 5.41 Å². The normalized spacial score (nSPS) is 9.50. The molecule has 0 saturated carbocycles.